The van der Waals surface area contributed by atoms with Crippen LogP contribution in [0, 0.1) is 0 Å². The number of allylic oxidation sites excluding steroid dienone is 1. The summed E-state index contributed by atoms with van der Waals surface area (Å²) in [5, 5.41) is 9.29. The van der Waals surface area contributed by atoms with Crippen LogP contribution in [0.3, 0.4) is 0 Å². The Morgan fingerprint density at radius 3 is 3.44 bits per heavy atom. The molecule has 0 bridgehead atoms. The average molecular weight is 123 g/mol. The number of hydrazine groups is 2. The molecule has 0 aliphatic carbocycles. The monoisotopic (exact) mass is 123 g/mol. The molecule has 2 aliphatic rings. The fourth-order valence-electron chi connectivity index (χ4n) is 0.664. The van der Waals surface area contributed by atoms with Crippen molar-refractivity contribution in [1.82, 2.24) is 16.2 Å². The van der Waals surface area contributed by atoms with Crippen molar-refractivity contribution in [2.75, 3.05) is 0 Å². The van der Waals surface area contributed by atoms with Crippen molar-refractivity contribution in [2.24, 2.45) is 10.2 Å². The van der Waals surface area contributed by atoms with Crippen LogP contribution < -0.4 is 11.1 Å². The zero-order valence-electron chi connectivity index (χ0n) is 4.57. The average Bonchev–Trinajstić information content (AvgIpc) is 2.33. The number of fused-ring (bicyclic) bond motifs is 1. The van der Waals surface area contributed by atoms with Gasteiger partial charge in [-0.1, -0.05) is 0 Å². The Hall–Kier alpha value is -1.36. The molecule has 0 radical (unpaired) electrons. The molecule has 0 spiro atoms. The number of hydrazone groups is 2. The fourth-order valence-corrected chi connectivity index (χ4v) is 0.664. The minimum atomic E-state index is 0.775. The van der Waals surface area contributed by atoms with Crippen LogP contribution in [0.15, 0.2) is 22.4 Å². The lowest BCUT2D eigenvalue weighted by Crippen LogP contribution is -2.36. The molecule has 2 rings (SSSR count). The van der Waals surface area contributed by atoms with E-state index in [-0.39, 0.29) is 0 Å². The quantitative estimate of drug-likeness (QED) is 0.442. The summed E-state index contributed by atoms with van der Waals surface area (Å²) in [5.41, 5.74) is 5.25. The van der Waals surface area contributed by atoms with Gasteiger partial charge >= 0.3 is 0 Å². The zero-order valence-corrected chi connectivity index (χ0v) is 4.57. The van der Waals surface area contributed by atoms with Gasteiger partial charge in [0.1, 0.15) is 0 Å². The molecular formula is C4H5N5. The predicted octanol–water partition coefficient (Wildman–Crippen LogP) is -0.820. The highest BCUT2D eigenvalue weighted by molar-refractivity contribution is 5.98. The molecule has 5 nitrogen and oxygen atoms in total. The summed E-state index contributed by atoms with van der Waals surface area (Å²) in [7, 11) is 0. The first-order valence-corrected chi connectivity index (χ1v) is 2.56. The van der Waals surface area contributed by atoms with Gasteiger partial charge in [0.2, 0.25) is 0 Å². The van der Waals surface area contributed by atoms with Gasteiger partial charge in [-0.05, 0) is 12.2 Å². The molecule has 0 saturated heterocycles. The maximum atomic E-state index is 3.91. The van der Waals surface area contributed by atoms with Crippen molar-refractivity contribution in [2.45, 2.75) is 0 Å². The summed E-state index contributed by atoms with van der Waals surface area (Å²) in [6.07, 6.45) is 5.35. The number of rotatable bonds is 0. The molecule has 9 heavy (non-hydrogen) atoms. The highest BCUT2D eigenvalue weighted by Gasteiger charge is 2.13. The van der Waals surface area contributed by atoms with E-state index in [1.165, 1.54) is 0 Å². The summed E-state index contributed by atoms with van der Waals surface area (Å²) in [5.74, 6) is 0.775. The van der Waals surface area contributed by atoms with E-state index in [9.17, 15) is 0 Å². The Kier molecular flexibility index (Phi) is 0.782. The summed E-state index contributed by atoms with van der Waals surface area (Å²) in [6, 6.07) is 0. The van der Waals surface area contributed by atoms with E-state index in [0.717, 1.165) is 5.84 Å². The molecular weight excluding hydrogens is 118 g/mol. The van der Waals surface area contributed by atoms with Gasteiger partial charge in [0.25, 0.3) is 0 Å². The van der Waals surface area contributed by atoms with Crippen molar-refractivity contribution in [1.29, 1.82) is 0 Å². The highest BCUT2D eigenvalue weighted by atomic mass is 15.9. The van der Waals surface area contributed by atoms with Crippen LogP contribution >= 0.6 is 0 Å². The molecule has 0 fully saturated rings. The third kappa shape index (κ3) is 0.584. The van der Waals surface area contributed by atoms with E-state index in [0.29, 0.717) is 0 Å². The molecule has 0 saturated carbocycles. The van der Waals surface area contributed by atoms with Gasteiger partial charge in [-0.3, -0.25) is 0 Å². The van der Waals surface area contributed by atoms with Crippen LogP contribution in [0.4, 0.5) is 0 Å². The Morgan fingerprint density at radius 1 is 1.56 bits per heavy atom. The molecule has 0 unspecified atom stereocenters. The van der Waals surface area contributed by atoms with Crippen LogP contribution in [0.2, 0.25) is 0 Å². The van der Waals surface area contributed by atoms with E-state index >= 15 is 0 Å². The van der Waals surface area contributed by atoms with Crippen LogP contribution in [0.1, 0.15) is 0 Å². The highest BCUT2D eigenvalue weighted by Crippen LogP contribution is 1.97. The summed E-state index contributed by atoms with van der Waals surface area (Å²) < 4.78 is 0. The Bertz CT molecular complexity index is 200. The minimum absolute atomic E-state index is 0.775. The van der Waals surface area contributed by atoms with Gasteiger partial charge in [-0.2, -0.15) is 10.2 Å². The first kappa shape index (κ1) is 4.51. The first-order valence-electron chi connectivity index (χ1n) is 2.56. The lowest BCUT2D eigenvalue weighted by Gasteiger charge is -2.10. The van der Waals surface area contributed by atoms with Gasteiger partial charge in [0.05, 0.1) is 0 Å². The van der Waals surface area contributed by atoms with E-state index in [1.807, 2.05) is 12.2 Å². The van der Waals surface area contributed by atoms with Gasteiger partial charge in [-0.25, -0.2) is 5.53 Å². The number of hydrogen-bond acceptors (Lipinski definition) is 5. The number of amidine groups is 1. The van der Waals surface area contributed by atoms with Crippen molar-refractivity contribution in [3.63, 3.8) is 0 Å². The van der Waals surface area contributed by atoms with E-state index in [1.54, 1.807) is 11.3 Å². The fraction of sp³-hybridized carbons (Fsp3) is 0. The maximum absolute atomic E-state index is 3.91. The van der Waals surface area contributed by atoms with Gasteiger partial charge < -0.3 is 0 Å². The number of nitrogens with one attached hydrogen (secondary N) is 2. The molecule has 0 aromatic rings. The standard InChI is InChI=1S/C4H5N5/c1-2-4-6-7-8-9(4)5-3-1/h1-3,7-8H. The molecule has 2 N–H and O–H groups in total. The van der Waals surface area contributed by atoms with Crippen LogP contribution in [-0.2, 0) is 0 Å². The molecule has 2 aliphatic heterocycles. The molecule has 0 aromatic heterocycles. The largest absolute Gasteiger partial charge is 0.221 e. The van der Waals surface area contributed by atoms with Crippen molar-refractivity contribution < 1.29 is 0 Å². The third-order valence-electron chi connectivity index (χ3n) is 1.06. The van der Waals surface area contributed by atoms with E-state index in [2.05, 4.69) is 21.3 Å². The molecule has 5 heteroatoms. The maximum Gasteiger partial charge on any atom is 0.189 e. The van der Waals surface area contributed by atoms with Crippen LogP contribution in [0.5, 0.6) is 0 Å². The van der Waals surface area contributed by atoms with Crippen molar-refractivity contribution in [3.8, 4) is 0 Å². The van der Waals surface area contributed by atoms with E-state index in [4.69, 9.17) is 0 Å². The Morgan fingerprint density at radius 2 is 2.56 bits per heavy atom. The molecule has 0 aromatic carbocycles. The smallest absolute Gasteiger partial charge is 0.189 e. The lowest BCUT2D eigenvalue weighted by atomic mass is 10.4. The number of hydrogen-bond donors (Lipinski definition) is 2. The van der Waals surface area contributed by atoms with Gasteiger partial charge in [-0.15, -0.1) is 10.6 Å². The van der Waals surface area contributed by atoms with Crippen LogP contribution in [-0.4, -0.2) is 17.2 Å². The Labute approximate surface area is 51.7 Å². The normalized spacial score (nSPS) is 21.3. The third-order valence-corrected chi connectivity index (χ3v) is 1.06. The van der Waals surface area contributed by atoms with Gasteiger partial charge in [0.15, 0.2) is 5.84 Å². The van der Waals surface area contributed by atoms with E-state index < -0.39 is 0 Å². The zero-order chi connectivity index (χ0) is 6.10. The van der Waals surface area contributed by atoms with Gasteiger partial charge in [0, 0.05) is 6.21 Å². The molecule has 2 heterocycles. The predicted molar refractivity (Wildman–Crippen MR) is 33.2 cm³/mol. The van der Waals surface area contributed by atoms with Crippen LogP contribution in [0.25, 0.3) is 0 Å². The molecule has 0 amide bonds. The topological polar surface area (TPSA) is 52.0 Å². The summed E-state index contributed by atoms with van der Waals surface area (Å²) >= 11 is 0. The first-order chi connectivity index (χ1) is 4.47. The second-order valence-corrected chi connectivity index (χ2v) is 1.63. The number of nitrogens with zero attached hydrogens (tertiary/aromatic N) is 3. The molecule has 46 valence electrons. The summed E-state index contributed by atoms with van der Waals surface area (Å²) in [4.78, 5) is 0. The minimum Gasteiger partial charge on any atom is -0.221 e. The second kappa shape index (κ2) is 1.56. The second-order valence-electron chi connectivity index (χ2n) is 1.63. The molecule has 0 atom stereocenters. The summed E-state index contributed by atoms with van der Waals surface area (Å²) in [6.45, 7) is 0. The van der Waals surface area contributed by atoms with Crippen molar-refractivity contribution in [3.05, 3.63) is 12.2 Å². The SMILES string of the molecule is C1=CC2=NNNN2N=C1. The van der Waals surface area contributed by atoms with Crippen molar-refractivity contribution >= 4 is 12.1 Å². The lowest BCUT2D eigenvalue weighted by molar-refractivity contribution is 0.310. The Balaban J connectivity index is 2.33.